The van der Waals surface area contributed by atoms with Gasteiger partial charge in [0.2, 0.25) is 29.5 Å². The summed E-state index contributed by atoms with van der Waals surface area (Å²) < 4.78 is 72.2. The molecule has 12 aromatic heterocycles. The zero-order valence-electron chi connectivity index (χ0n) is 71.9. The SMILES string of the molecule is Cc1nc(N2CCN(C(=O)Cn3nc(-c4ccc(F)c(C)n4)cc3-c3ccccc3)CC2)no1.Cc1nc2c(o1)CN(C(=O)Cn1nc(-c3ccc(F)c(C)n3)cc1-c1ccccc1)C2.Cc1nc2c(s1)CCN(C(=O)Cn1nc(-c3cc(C)c(F)cn3)cc1-c1ccccc1)CC2.Cc1nc2c(s1)CN(C(=O)Cn1nc(-c3cc(C)c(F)cn3)cc1-c1ccccc1)C2. The summed E-state index contributed by atoms with van der Waals surface area (Å²) in [6, 6.07) is 56.0. The van der Waals surface area contributed by atoms with Crippen molar-refractivity contribution < 1.29 is 45.7 Å². The Kier molecular flexibility index (Phi) is 25.4. The number of aromatic nitrogens is 17. The number of pyridine rings is 4. The first kappa shape index (κ1) is 86.4. The van der Waals surface area contributed by atoms with Gasteiger partial charge in [0.25, 0.3) is 5.95 Å². The second-order valence-corrected chi connectivity index (χ2v) is 34.2. The summed E-state index contributed by atoms with van der Waals surface area (Å²) in [6.07, 6.45) is 4.03. The molecule has 1 fully saturated rings. The van der Waals surface area contributed by atoms with E-state index < -0.39 is 0 Å². The third-order valence-corrected chi connectivity index (χ3v) is 24.5. The van der Waals surface area contributed by atoms with Crippen LogP contribution in [-0.2, 0) is 84.4 Å². The Balaban J connectivity index is 0.000000121. The number of oxazole rings is 1. The molecule has 0 radical (unpaired) electrons. The summed E-state index contributed by atoms with van der Waals surface area (Å²) in [6.45, 7) is 20.2. The second-order valence-electron chi connectivity index (χ2n) is 31.6. The van der Waals surface area contributed by atoms with E-state index in [0.29, 0.717) is 151 Å². The zero-order valence-corrected chi connectivity index (χ0v) is 73.5. The lowest BCUT2D eigenvalue weighted by Gasteiger charge is -2.34. The molecule has 1 saturated heterocycles. The molecule has 129 heavy (non-hydrogen) atoms. The van der Waals surface area contributed by atoms with Crippen molar-refractivity contribution in [2.75, 3.05) is 44.2 Å². The van der Waals surface area contributed by atoms with Crippen molar-refractivity contribution >= 4 is 52.3 Å². The number of anilines is 1. The summed E-state index contributed by atoms with van der Waals surface area (Å²) >= 11 is 3.37. The molecule has 16 heterocycles. The van der Waals surface area contributed by atoms with Crippen molar-refractivity contribution in [2.24, 2.45) is 0 Å². The van der Waals surface area contributed by atoms with Gasteiger partial charge in [-0.3, -0.25) is 47.9 Å². The minimum Gasteiger partial charge on any atom is -0.444 e. The van der Waals surface area contributed by atoms with Gasteiger partial charge in [0.1, 0.15) is 83.7 Å². The number of rotatable bonds is 17. The number of carbonyl (C=O) groups is 4. The summed E-state index contributed by atoms with van der Waals surface area (Å²) in [4.78, 5) is 99.0. The van der Waals surface area contributed by atoms with Crippen LogP contribution in [0.4, 0.5) is 23.5 Å². The zero-order chi connectivity index (χ0) is 89.7. The fourth-order valence-electron chi connectivity index (χ4n) is 15.7. The monoisotopic (exact) mass is 1770 g/mol. The Morgan fingerprint density at radius 3 is 1.16 bits per heavy atom. The first-order chi connectivity index (χ1) is 62.4. The molecule has 0 unspecified atom stereocenters. The molecule has 654 valence electrons. The fourth-order valence-corrected chi connectivity index (χ4v) is 17.6. The minimum absolute atomic E-state index is 0.0158. The number of hydrogen-bond donors (Lipinski definition) is 0. The lowest BCUT2D eigenvalue weighted by Crippen LogP contribution is -2.50. The number of hydrogen-bond acceptors (Lipinski definition) is 22. The lowest BCUT2D eigenvalue weighted by molar-refractivity contribution is -0.133. The maximum absolute atomic E-state index is 13.7. The van der Waals surface area contributed by atoms with Crippen LogP contribution >= 0.6 is 22.7 Å². The molecule has 28 nitrogen and oxygen atoms in total. The molecule has 4 amide bonds. The third-order valence-electron chi connectivity index (χ3n) is 22.4. The van der Waals surface area contributed by atoms with Gasteiger partial charge in [-0.15, -0.1) is 22.7 Å². The average Bonchev–Trinajstić information content (AvgIpc) is 1.60. The van der Waals surface area contributed by atoms with Gasteiger partial charge >= 0.3 is 0 Å². The van der Waals surface area contributed by atoms with E-state index in [2.05, 4.69) is 60.3 Å². The second kappa shape index (κ2) is 37.9. The van der Waals surface area contributed by atoms with Gasteiger partial charge < -0.3 is 33.4 Å². The van der Waals surface area contributed by atoms with Crippen molar-refractivity contribution in [3.8, 4) is 90.6 Å². The fraction of sp³-hybridized carbons (Fsp3) is 0.253. The van der Waals surface area contributed by atoms with E-state index in [-0.39, 0.29) is 73.1 Å². The molecule has 16 aromatic rings. The van der Waals surface area contributed by atoms with Crippen molar-refractivity contribution in [3.63, 3.8) is 0 Å². The molecular weight excluding hydrogens is 1690 g/mol. The Labute approximate surface area is 747 Å². The molecule has 0 aliphatic carbocycles. The van der Waals surface area contributed by atoms with Crippen LogP contribution in [0.25, 0.3) is 90.6 Å². The predicted molar refractivity (Wildman–Crippen MR) is 478 cm³/mol. The summed E-state index contributed by atoms with van der Waals surface area (Å²) in [5, 5.41) is 24.7. The highest BCUT2D eigenvalue weighted by atomic mass is 32.1. The topological polar surface area (TPSA) is 298 Å². The molecule has 4 aliphatic rings. The smallest absolute Gasteiger partial charge is 0.266 e. The van der Waals surface area contributed by atoms with Crippen LogP contribution < -0.4 is 4.90 Å². The summed E-state index contributed by atoms with van der Waals surface area (Å²) in [5.74, 6) is 0.881. The minimum atomic E-state index is -0.365. The number of amides is 4. The van der Waals surface area contributed by atoms with Crippen molar-refractivity contribution in [1.82, 2.24) is 104 Å². The van der Waals surface area contributed by atoms with E-state index >= 15 is 0 Å². The first-order valence-corrected chi connectivity index (χ1v) is 43.6. The first-order valence-electron chi connectivity index (χ1n) is 42.0. The number of thiazole rings is 2. The van der Waals surface area contributed by atoms with Gasteiger partial charge in [-0.2, -0.15) is 25.4 Å². The van der Waals surface area contributed by atoms with E-state index in [1.54, 1.807) is 112 Å². The lowest BCUT2D eigenvalue weighted by atomic mass is 10.1. The van der Waals surface area contributed by atoms with Crippen LogP contribution in [-0.4, -0.2) is 167 Å². The Bertz CT molecular complexity index is 6530. The number of carbonyl (C=O) groups excluding carboxylic acids is 4. The van der Waals surface area contributed by atoms with E-state index in [4.69, 9.17) is 14.0 Å². The molecule has 34 heteroatoms. The van der Waals surface area contributed by atoms with Crippen LogP contribution in [0.1, 0.15) is 76.9 Å². The van der Waals surface area contributed by atoms with Gasteiger partial charge in [-0.25, -0.2) is 42.5 Å². The number of aryl methyl sites for hydroxylation is 8. The maximum Gasteiger partial charge on any atom is 0.266 e. The number of benzene rings is 4. The van der Waals surface area contributed by atoms with Crippen LogP contribution in [0.3, 0.4) is 0 Å². The highest BCUT2D eigenvalue weighted by Crippen LogP contribution is 2.35. The number of fused-ring (bicyclic) bond motifs is 3. The third kappa shape index (κ3) is 19.8. The molecular formula is C95H88F4N22O6S2. The number of nitrogens with zero attached hydrogens (tertiary/aromatic N) is 22. The molecule has 0 bridgehead atoms. The normalized spacial score (nSPS) is 13.4. The Morgan fingerprint density at radius 1 is 0.357 bits per heavy atom. The average molecular weight is 1770 g/mol. The van der Waals surface area contributed by atoms with E-state index in [1.165, 1.54) is 29.4 Å². The molecule has 4 aromatic carbocycles. The standard InChI is InChI=1S/C25H24FN5OS.C24H24FN7O2.C23H20FN5O2.C23H20FN5OS/c1-16-12-21(27-14-19(16)26)22-13-23(18-6-4-3-5-7-18)31(29-22)15-25(32)30-10-8-20-24(9-11-30)33-17(2)28-20;1-16-19(25)8-9-20(26-16)21-14-22(18-6-4-3-5-7-18)32(28-21)15-23(33)30-10-12-31(13-11-30)24-27-17(2)34-29-24;1-14-17(24)8-9-18(25-14)19-10-21(16-6-4-3-5-7-16)29(27-19)13-23(30)28-11-20-22(12-28)31-15(2)26-20;1-14-8-18(25-10-17(14)24)19-9-21(16-6-4-3-5-7-16)29(27-19)13-23(30)28-11-20-22(12-28)31-15(2)26-20/h3-7,12-14H,8-11,15H2,1-2H3;3-9,14H,10-13,15H2,1-2H3;2*3-10H,11-13H2,1-2H3. The molecule has 4 aliphatic heterocycles. The van der Waals surface area contributed by atoms with Crippen LogP contribution in [0.2, 0.25) is 0 Å². The molecule has 0 spiro atoms. The Morgan fingerprint density at radius 2 is 0.752 bits per heavy atom. The maximum atomic E-state index is 13.7. The predicted octanol–water partition coefficient (Wildman–Crippen LogP) is 15.8. The van der Waals surface area contributed by atoms with E-state index in [0.717, 1.165) is 95.6 Å². The van der Waals surface area contributed by atoms with Gasteiger partial charge in [-0.1, -0.05) is 121 Å². The van der Waals surface area contributed by atoms with Crippen molar-refractivity contribution in [2.45, 2.75) is 121 Å². The summed E-state index contributed by atoms with van der Waals surface area (Å²) in [5.41, 5.74) is 16.2. The molecule has 20 rings (SSSR count). The quantitative estimate of drug-likeness (QED) is 0.0765. The summed E-state index contributed by atoms with van der Waals surface area (Å²) in [7, 11) is 0. The largest absolute Gasteiger partial charge is 0.444 e. The van der Waals surface area contributed by atoms with Crippen molar-refractivity contribution in [3.05, 3.63) is 295 Å². The highest BCUT2D eigenvalue weighted by Gasteiger charge is 2.33. The highest BCUT2D eigenvalue weighted by molar-refractivity contribution is 7.12. The van der Waals surface area contributed by atoms with Gasteiger partial charge in [0, 0.05) is 75.7 Å². The number of piperazine rings is 1. The van der Waals surface area contributed by atoms with Gasteiger partial charge in [0.15, 0.2) is 5.89 Å². The molecule has 0 saturated carbocycles. The van der Waals surface area contributed by atoms with E-state index in [9.17, 15) is 36.7 Å². The van der Waals surface area contributed by atoms with Crippen molar-refractivity contribution in [1.29, 1.82) is 0 Å². The van der Waals surface area contributed by atoms with Gasteiger partial charge in [0.05, 0.1) is 117 Å². The van der Waals surface area contributed by atoms with Gasteiger partial charge in [-0.05, 0) is 141 Å². The van der Waals surface area contributed by atoms with Crippen LogP contribution in [0.15, 0.2) is 203 Å². The molecule has 0 N–H and O–H groups in total. The van der Waals surface area contributed by atoms with Crippen LogP contribution in [0, 0.1) is 78.7 Å². The molecule has 0 atom stereocenters. The number of halogens is 4. The van der Waals surface area contributed by atoms with Crippen LogP contribution in [0.5, 0.6) is 0 Å². The van der Waals surface area contributed by atoms with E-state index in [1.807, 2.05) is 179 Å². The Hall–Kier alpha value is -14.7.